The molecule has 1 N–H and O–H groups in total. The summed E-state index contributed by atoms with van der Waals surface area (Å²) in [6.45, 7) is 12.1. The lowest BCUT2D eigenvalue weighted by molar-refractivity contribution is -0.147. The minimum absolute atomic E-state index is 0.172. The van der Waals surface area contributed by atoms with Crippen LogP contribution in [0.4, 0.5) is 0 Å². The van der Waals surface area contributed by atoms with E-state index in [-0.39, 0.29) is 29.2 Å². The summed E-state index contributed by atoms with van der Waals surface area (Å²) >= 11 is 0. The van der Waals surface area contributed by atoms with Crippen molar-refractivity contribution in [2.75, 3.05) is 19.7 Å². The van der Waals surface area contributed by atoms with Gasteiger partial charge in [0.25, 0.3) is 0 Å². The predicted octanol–water partition coefficient (Wildman–Crippen LogP) is 2.33. The molecule has 0 aliphatic carbocycles. The second-order valence-corrected chi connectivity index (χ2v) is 8.13. The summed E-state index contributed by atoms with van der Waals surface area (Å²) in [7, 11) is 0. The number of benzene rings is 1. The lowest BCUT2D eigenvalue weighted by atomic mass is 9.92. The Hall–Kier alpha value is -1.72. The van der Waals surface area contributed by atoms with Crippen LogP contribution in [0.5, 0.6) is 0 Å². The van der Waals surface area contributed by atoms with Gasteiger partial charge in [-0.25, -0.2) is 0 Å². The summed E-state index contributed by atoms with van der Waals surface area (Å²) in [5, 5.41) is 8.91. The summed E-state index contributed by atoms with van der Waals surface area (Å²) < 4.78 is 0. The average molecular weight is 346 g/mol. The van der Waals surface area contributed by atoms with Crippen molar-refractivity contribution in [1.82, 2.24) is 9.80 Å². The second kappa shape index (κ2) is 7.67. The first-order valence-electron chi connectivity index (χ1n) is 8.91. The lowest BCUT2D eigenvalue weighted by Crippen LogP contribution is -2.60. The Morgan fingerprint density at radius 2 is 1.60 bits per heavy atom. The summed E-state index contributed by atoms with van der Waals surface area (Å²) in [5.74, 6) is -0.0536. The molecular weight excluding hydrogens is 316 g/mol. The van der Waals surface area contributed by atoms with E-state index in [4.69, 9.17) is 5.11 Å². The van der Waals surface area contributed by atoms with Gasteiger partial charge in [0.15, 0.2) is 5.78 Å². The third-order valence-corrected chi connectivity index (χ3v) is 4.70. The van der Waals surface area contributed by atoms with Gasteiger partial charge < -0.3 is 10.0 Å². The monoisotopic (exact) mass is 346 g/mol. The van der Waals surface area contributed by atoms with E-state index in [1.807, 2.05) is 37.8 Å². The first-order chi connectivity index (χ1) is 11.6. The maximum Gasteiger partial charge on any atom is 0.228 e. The molecule has 25 heavy (non-hydrogen) atoms. The van der Waals surface area contributed by atoms with Crippen LogP contribution >= 0.6 is 0 Å². The highest BCUT2D eigenvalue weighted by Crippen LogP contribution is 2.25. The second-order valence-electron chi connectivity index (χ2n) is 8.13. The largest absolute Gasteiger partial charge is 0.388 e. The van der Waals surface area contributed by atoms with Crippen molar-refractivity contribution in [3.63, 3.8) is 0 Å². The van der Waals surface area contributed by atoms with E-state index in [1.165, 1.54) is 0 Å². The Labute approximate surface area is 150 Å². The standard InChI is InChI=1S/C20H30N2O3/c1-14-10-21(11-15(2)22(14)19(25)20(3,4)5)12-16-6-8-17(9-7-16)18(24)13-23/h6-9,14-15,23H,10-13H2,1-5H3/t14-,15+. The molecule has 2 atom stereocenters. The van der Waals surface area contributed by atoms with Crippen molar-refractivity contribution in [3.8, 4) is 0 Å². The molecule has 0 aromatic heterocycles. The first-order valence-corrected chi connectivity index (χ1v) is 8.91. The Morgan fingerprint density at radius 1 is 1.08 bits per heavy atom. The summed E-state index contributed by atoms with van der Waals surface area (Å²) in [6, 6.07) is 7.74. The van der Waals surface area contributed by atoms with Crippen molar-refractivity contribution in [2.24, 2.45) is 5.41 Å². The smallest absolute Gasteiger partial charge is 0.228 e. The van der Waals surface area contributed by atoms with Crippen LogP contribution in [0.3, 0.4) is 0 Å². The zero-order valence-electron chi connectivity index (χ0n) is 16.0. The normalized spacial score (nSPS) is 22.1. The Bertz CT molecular complexity index is 607. The van der Waals surface area contributed by atoms with Crippen LogP contribution in [0, 0.1) is 5.41 Å². The molecule has 0 spiro atoms. The SMILES string of the molecule is C[C@@H]1CN(Cc2ccc(C(=O)CO)cc2)C[C@H](C)N1C(=O)C(C)(C)C. The van der Waals surface area contributed by atoms with Crippen LogP contribution in [-0.2, 0) is 11.3 Å². The fraction of sp³-hybridized carbons (Fsp3) is 0.600. The van der Waals surface area contributed by atoms with E-state index in [1.54, 1.807) is 12.1 Å². The van der Waals surface area contributed by atoms with Crippen LogP contribution in [0.25, 0.3) is 0 Å². The van der Waals surface area contributed by atoms with Gasteiger partial charge in [-0.3, -0.25) is 14.5 Å². The first kappa shape index (κ1) is 19.6. The van der Waals surface area contributed by atoms with Crippen molar-refractivity contribution >= 4 is 11.7 Å². The van der Waals surface area contributed by atoms with Gasteiger partial charge in [0.2, 0.25) is 5.91 Å². The van der Waals surface area contributed by atoms with Crippen LogP contribution in [-0.4, -0.2) is 58.4 Å². The highest BCUT2D eigenvalue weighted by molar-refractivity contribution is 5.96. The molecule has 1 aromatic carbocycles. The Balaban J connectivity index is 2.02. The molecule has 5 heteroatoms. The third-order valence-electron chi connectivity index (χ3n) is 4.70. The van der Waals surface area contributed by atoms with Crippen molar-refractivity contribution < 1.29 is 14.7 Å². The van der Waals surface area contributed by atoms with E-state index in [9.17, 15) is 9.59 Å². The predicted molar refractivity (Wildman–Crippen MR) is 98.4 cm³/mol. The number of aliphatic hydroxyl groups excluding tert-OH is 1. The topological polar surface area (TPSA) is 60.9 Å². The molecule has 1 heterocycles. The maximum atomic E-state index is 12.7. The highest BCUT2D eigenvalue weighted by Gasteiger charge is 2.37. The molecule has 138 valence electrons. The fourth-order valence-electron chi connectivity index (χ4n) is 3.49. The molecule has 0 saturated carbocycles. The van der Waals surface area contributed by atoms with Gasteiger partial charge in [0, 0.05) is 42.7 Å². The average Bonchev–Trinajstić information content (AvgIpc) is 2.53. The summed E-state index contributed by atoms with van der Waals surface area (Å²) in [4.78, 5) is 28.6. The maximum absolute atomic E-state index is 12.7. The number of hydrogen-bond acceptors (Lipinski definition) is 4. The number of amides is 1. The molecule has 5 nitrogen and oxygen atoms in total. The molecule has 0 bridgehead atoms. The number of piperazine rings is 1. The van der Waals surface area contributed by atoms with E-state index in [2.05, 4.69) is 18.7 Å². The third kappa shape index (κ3) is 4.67. The minimum Gasteiger partial charge on any atom is -0.388 e. The number of ketones is 1. The summed E-state index contributed by atoms with van der Waals surface area (Å²) in [6.07, 6.45) is 0. The van der Waals surface area contributed by atoms with Gasteiger partial charge in [-0.1, -0.05) is 45.0 Å². The van der Waals surface area contributed by atoms with E-state index < -0.39 is 6.61 Å². The van der Waals surface area contributed by atoms with Crippen LogP contribution in [0.1, 0.15) is 50.5 Å². The highest BCUT2D eigenvalue weighted by atomic mass is 16.3. The number of carbonyl (C=O) groups is 2. The quantitative estimate of drug-likeness (QED) is 0.850. The van der Waals surface area contributed by atoms with Crippen molar-refractivity contribution in [1.29, 1.82) is 0 Å². The lowest BCUT2D eigenvalue weighted by Gasteiger charge is -2.46. The number of rotatable bonds is 4. The van der Waals surface area contributed by atoms with E-state index in [0.717, 1.165) is 25.2 Å². The van der Waals surface area contributed by atoms with Gasteiger partial charge in [-0.05, 0) is 19.4 Å². The number of hydrogen-bond donors (Lipinski definition) is 1. The molecule has 0 unspecified atom stereocenters. The van der Waals surface area contributed by atoms with Gasteiger partial charge in [-0.15, -0.1) is 0 Å². The molecule has 1 aliphatic rings. The molecule has 1 amide bonds. The Kier molecular flexibility index (Phi) is 6.01. The number of Topliss-reactive ketones (excluding diaryl/α,β-unsaturated/α-hetero) is 1. The molecule has 1 aromatic rings. The van der Waals surface area contributed by atoms with Crippen molar-refractivity contribution in [3.05, 3.63) is 35.4 Å². The summed E-state index contributed by atoms with van der Waals surface area (Å²) in [5.41, 5.74) is 1.30. The van der Waals surface area contributed by atoms with Gasteiger partial charge in [0.05, 0.1) is 0 Å². The zero-order chi connectivity index (χ0) is 18.8. The molecule has 1 fully saturated rings. The Morgan fingerprint density at radius 3 is 2.04 bits per heavy atom. The van der Waals surface area contributed by atoms with Crippen LogP contribution in [0.2, 0.25) is 0 Å². The molecule has 1 aliphatic heterocycles. The van der Waals surface area contributed by atoms with Crippen LogP contribution < -0.4 is 0 Å². The van der Waals surface area contributed by atoms with Gasteiger partial charge in [0.1, 0.15) is 6.61 Å². The number of nitrogens with zero attached hydrogens (tertiary/aromatic N) is 2. The fourth-order valence-corrected chi connectivity index (χ4v) is 3.49. The van der Waals surface area contributed by atoms with Crippen molar-refractivity contribution in [2.45, 2.75) is 53.2 Å². The number of carbonyl (C=O) groups excluding carboxylic acids is 2. The van der Waals surface area contributed by atoms with E-state index >= 15 is 0 Å². The van der Waals surface area contributed by atoms with E-state index in [0.29, 0.717) is 5.56 Å². The number of aliphatic hydroxyl groups is 1. The zero-order valence-corrected chi connectivity index (χ0v) is 16.0. The molecular formula is C20H30N2O3. The van der Waals surface area contributed by atoms with Gasteiger partial charge in [-0.2, -0.15) is 0 Å². The molecule has 2 rings (SSSR count). The molecule has 1 saturated heterocycles. The molecule has 0 radical (unpaired) electrons. The van der Waals surface area contributed by atoms with Gasteiger partial charge >= 0.3 is 0 Å². The van der Waals surface area contributed by atoms with Crippen LogP contribution in [0.15, 0.2) is 24.3 Å². The minimum atomic E-state index is -0.460.